The van der Waals surface area contributed by atoms with Crippen molar-refractivity contribution in [2.45, 2.75) is 13.5 Å². The van der Waals surface area contributed by atoms with Crippen molar-refractivity contribution >= 4 is 23.3 Å². The van der Waals surface area contributed by atoms with E-state index in [2.05, 4.69) is 5.32 Å². The zero-order chi connectivity index (χ0) is 21.3. The molecule has 3 rings (SSSR count). The van der Waals surface area contributed by atoms with Gasteiger partial charge in [-0.15, -0.1) is 0 Å². The van der Waals surface area contributed by atoms with E-state index in [0.717, 1.165) is 5.56 Å². The summed E-state index contributed by atoms with van der Waals surface area (Å²) in [6.07, 6.45) is 0. The molecule has 0 saturated heterocycles. The fourth-order valence-electron chi connectivity index (χ4n) is 2.63. The maximum Gasteiger partial charge on any atom is 0.344 e. The number of rotatable bonds is 8. The van der Waals surface area contributed by atoms with E-state index in [1.807, 2.05) is 30.3 Å². The lowest BCUT2D eigenvalue weighted by Crippen LogP contribution is -2.15. The summed E-state index contributed by atoms with van der Waals surface area (Å²) in [6.45, 7) is 1.26. The molecule has 6 nitrogen and oxygen atoms in total. The van der Waals surface area contributed by atoms with Crippen LogP contribution in [0.1, 0.15) is 33.2 Å². The fourth-order valence-corrected chi connectivity index (χ4v) is 2.63. The standard InChI is InChI=1S/C24H21NO5/c1-17(26)20-6-5-9-22(14-20)29-16-23(27)30-15-18-10-12-19(13-11-18)24(28)25-21-7-3-2-4-8-21/h2-14H,15-16H2,1H3,(H,25,28). The first-order chi connectivity index (χ1) is 14.5. The van der Waals surface area contributed by atoms with Crippen LogP contribution in [0.3, 0.4) is 0 Å². The van der Waals surface area contributed by atoms with Crippen LogP contribution in [0.15, 0.2) is 78.9 Å². The number of para-hydroxylation sites is 1. The highest BCUT2D eigenvalue weighted by molar-refractivity contribution is 6.04. The van der Waals surface area contributed by atoms with Crippen LogP contribution in [0.5, 0.6) is 5.75 Å². The van der Waals surface area contributed by atoms with E-state index in [-0.39, 0.29) is 24.9 Å². The second kappa shape index (κ2) is 10.0. The average Bonchev–Trinajstić information content (AvgIpc) is 2.77. The van der Waals surface area contributed by atoms with Crippen molar-refractivity contribution in [3.8, 4) is 5.75 Å². The number of ether oxygens (including phenoxy) is 2. The molecule has 1 N–H and O–H groups in total. The van der Waals surface area contributed by atoms with Crippen LogP contribution in [0.4, 0.5) is 5.69 Å². The van der Waals surface area contributed by atoms with Gasteiger partial charge in [0.15, 0.2) is 12.4 Å². The number of nitrogens with one attached hydrogen (secondary N) is 1. The SMILES string of the molecule is CC(=O)c1cccc(OCC(=O)OCc2ccc(C(=O)Nc3ccccc3)cc2)c1. The molecule has 0 radical (unpaired) electrons. The Bertz CT molecular complexity index is 1030. The van der Waals surface area contributed by atoms with Gasteiger partial charge in [-0.3, -0.25) is 9.59 Å². The number of benzene rings is 3. The van der Waals surface area contributed by atoms with Gasteiger partial charge < -0.3 is 14.8 Å². The average molecular weight is 403 g/mol. The molecule has 152 valence electrons. The number of amides is 1. The topological polar surface area (TPSA) is 81.7 Å². The fraction of sp³-hybridized carbons (Fsp3) is 0.125. The zero-order valence-corrected chi connectivity index (χ0v) is 16.5. The van der Waals surface area contributed by atoms with E-state index in [1.165, 1.54) is 6.92 Å². The zero-order valence-electron chi connectivity index (χ0n) is 16.5. The molecular formula is C24H21NO5. The van der Waals surface area contributed by atoms with E-state index in [9.17, 15) is 14.4 Å². The Morgan fingerprint density at radius 1 is 0.833 bits per heavy atom. The van der Waals surface area contributed by atoms with Crippen LogP contribution in [0.25, 0.3) is 0 Å². The molecule has 0 unspecified atom stereocenters. The second-order valence-corrected chi connectivity index (χ2v) is 6.55. The smallest absolute Gasteiger partial charge is 0.344 e. The third-order valence-corrected chi connectivity index (χ3v) is 4.24. The maximum atomic E-state index is 12.2. The van der Waals surface area contributed by atoms with E-state index < -0.39 is 5.97 Å². The van der Waals surface area contributed by atoms with Gasteiger partial charge in [0.1, 0.15) is 12.4 Å². The number of carbonyl (C=O) groups is 3. The Balaban J connectivity index is 1.46. The van der Waals surface area contributed by atoms with Gasteiger partial charge in [0.05, 0.1) is 0 Å². The normalized spacial score (nSPS) is 10.2. The first-order valence-corrected chi connectivity index (χ1v) is 9.36. The maximum absolute atomic E-state index is 12.2. The van der Waals surface area contributed by atoms with Gasteiger partial charge in [-0.2, -0.15) is 0 Å². The van der Waals surface area contributed by atoms with E-state index in [0.29, 0.717) is 22.6 Å². The molecule has 0 spiro atoms. The number of hydrogen-bond acceptors (Lipinski definition) is 5. The van der Waals surface area contributed by atoms with Crippen LogP contribution in [-0.4, -0.2) is 24.3 Å². The van der Waals surface area contributed by atoms with Crippen LogP contribution in [0.2, 0.25) is 0 Å². The molecule has 0 aliphatic rings. The molecule has 0 heterocycles. The minimum absolute atomic E-state index is 0.0657. The summed E-state index contributed by atoms with van der Waals surface area (Å²) in [5, 5.41) is 2.81. The summed E-state index contributed by atoms with van der Waals surface area (Å²) in [7, 11) is 0. The number of ketones is 1. The second-order valence-electron chi connectivity index (χ2n) is 6.55. The molecular weight excluding hydrogens is 382 g/mol. The molecule has 0 aliphatic carbocycles. The van der Waals surface area contributed by atoms with Crippen LogP contribution in [-0.2, 0) is 16.1 Å². The molecule has 0 fully saturated rings. The summed E-state index contributed by atoms with van der Waals surface area (Å²) in [4.78, 5) is 35.5. The molecule has 0 aliphatic heterocycles. The van der Waals surface area contributed by atoms with Gasteiger partial charge in [-0.05, 0) is 48.9 Å². The van der Waals surface area contributed by atoms with Crippen molar-refractivity contribution in [2.24, 2.45) is 0 Å². The Kier molecular flexibility index (Phi) is 6.95. The lowest BCUT2D eigenvalue weighted by Gasteiger charge is -2.09. The number of esters is 1. The highest BCUT2D eigenvalue weighted by Gasteiger charge is 2.09. The van der Waals surface area contributed by atoms with E-state index >= 15 is 0 Å². The molecule has 3 aromatic rings. The molecule has 0 saturated carbocycles. The van der Waals surface area contributed by atoms with Crippen molar-refractivity contribution in [1.82, 2.24) is 0 Å². The first kappa shape index (κ1) is 20.8. The minimum Gasteiger partial charge on any atom is -0.482 e. The lowest BCUT2D eigenvalue weighted by molar-refractivity contribution is -0.147. The lowest BCUT2D eigenvalue weighted by atomic mass is 10.1. The monoisotopic (exact) mass is 403 g/mol. The van der Waals surface area contributed by atoms with Crippen LogP contribution < -0.4 is 10.1 Å². The minimum atomic E-state index is -0.533. The van der Waals surface area contributed by atoms with Gasteiger partial charge in [-0.1, -0.05) is 42.5 Å². The third-order valence-electron chi connectivity index (χ3n) is 4.24. The Hall–Kier alpha value is -3.93. The highest BCUT2D eigenvalue weighted by Crippen LogP contribution is 2.14. The molecule has 6 heteroatoms. The molecule has 3 aromatic carbocycles. The quantitative estimate of drug-likeness (QED) is 0.449. The van der Waals surface area contributed by atoms with Gasteiger partial charge in [0.2, 0.25) is 0 Å². The molecule has 0 aromatic heterocycles. The summed E-state index contributed by atoms with van der Waals surface area (Å²) in [5.74, 6) is -0.405. The third kappa shape index (κ3) is 6.04. The predicted molar refractivity (Wildman–Crippen MR) is 113 cm³/mol. The number of Topliss-reactive ketones (excluding diaryl/α,β-unsaturated/α-hetero) is 1. The van der Waals surface area contributed by atoms with Crippen molar-refractivity contribution in [1.29, 1.82) is 0 Å². The summed E-state index contributed by atoms with van der Waals surface area (Å²) in [6, 6.07) is 22.6. The molecule has 30 heavy (non-hydrogen) atoms. The van der Waals surface area contributed by atoms with Crippen molar-refractivity contribution in [3.63, 3.8) is 0 Å². The largest absolute Gasteiger partial charge is 0.482 e. The summed E-state index contributed by atoms with van der Waals surface area (Å²) < 4.78 is 10.6. The predicted octanol–water partition coefficient (Wildman–Crippen LogP) is 4.26. The number of hydrogen-bond donors (Lipinski definition) is 1. The summed E-state index contributed by atoms with van der Waals surface area (Å²) >= 11 is 0. The van der Waals surface area contributed by atoms with Gasteiger partial charge in [0.25, 0.3) is 5.91 Å². The van der Waals surface area contributed by atoms with E-state index in [4.69, 9.17) is 9.47 Å². The molecule has 0 bridgehead atoms. The summed E-state index contributed by atoms with van der Waals surface area (Å²) in [5.41, 5.74) is 2.48. The van der Waals surface area contributed by atoms with Gasteiger partial charge in [0, 0.05) is 16.8 Å². The number of anilines is 1. The van der Waals surface area contributed by atoms with Crippen molar-refractivity contribution < 1.29 is 23.9 Å². The van der Waals surface area contributed by atoms with Crippen LogP contribution >= 0.6 is 0 Å². The Labute approximate surface area is 174 Å². The van der Waals surface area contributed by atoms with Crippen molar-refractivity contribution in [2.75, 3.05) is 11.9 Å². The highest BCUT2D eigenvalue weighted by atomic mass is 16.6. The molecule has 0 atom stereocenters. The first-order valence-electron chi connectivity index (χ1n) is 9.36. The van der Waals surface area contributed by atoms with E-state index in [1.54, 1.807) is 48.5 Å². The van der Waals surface area contributed by atoms with Crippen molar-refractivity contribution in [3.05, 3.63) is 95.6 Å². The van der Waals surface area contributed by atoms with Crippen LogP contribution in [0, 0.1) is 0 Å². The number of carbonyl (C=O) groups excluding carboxylic acids is 3. The Morgan fingerprint density at radius 2 is 1.57 bits per heavy atom. The van der Waals surface area contributed by atoms with Gasteiger partial charge in [-0.25, -0.2) is 4.79 Å². The molecule has 1 amide bonds. The van der Waals surface area contributed by atoms with Gasteiger partial charge >= 0.3 is 5.97 Å². The Morgan fingerprint density at radius 3 is 2.27 bits per heavy atom.